The lowest BCUT2D eigenvalue weighted by atomic mass is 9.70. The molecule has 1 heterocycles. The van der Waals surface area contributed by atoms with Crippen LogP contribution in [0, 0.1) is 11.8 Å². The van der Waals surface area contributed by atoms with E-state index in [-0.39, 0.29) is 23.0 Å². The maximum Gasteiger partial charge on any atom is 0.261 e. The van der Waals surface area contributed by atoms with Crippen LogP contribution in [0.25, 0.3) is 0 Å². The van der Waals surface area contributed by atoms with Crippen LogP contribution in [0.1, 0.15) is 67.9 Å². The molecule has 4 nitrogen and oxygen atoms in total. The SMILES string of the molecule is CC(C)OC1(c2cccc(O[Si](C)(C)C(C)(C)C)c2)OOC1(C(C)C)C(C)C. The Hall–Kier alpha value is -0.883. The van der Waals surface area contributed by atoms with Gasteiger partial charge in [0.25, 0.3) is 5.79 Å². The molecule has 0 N–H and O–H groups in total. The molecule has 1 unspecified atom stereocenters. The molecule has 160 valence electrons. The van der Waals surface area contributed by atoms with Gasteiger partial charge < -0.3 is 9.16 Å². The Balaban J connectivity index is 2.53. The van der Waals surface area contributed by atoms with Gasteiger partial charge in [0, 0.05) is 5.56 Å². The van der Waals surface area contributed by atoms with E-state index in [0.717, 1.165) is 11.3 Å². The van der Waals surface area contributed by atoms with Gasteiger partial charge in [-0.25, -0.2) is 4.89 Å². The summed E-state index contributed by atoms with van der Waals surface area (Å²) < 4.78 is 13.0. The van der Waals surface area contributed by atoms with E-state index in [1.807, 2.05) is 26.0 Å². The molecule has 1 aliphatic rings. The largest absolute Gasteiger partial charge is 0.543 e. The lowest BCUT2D eigenvalue weighted by Crippen LogP contribution is -2.71. The maximum absolute atomic E-state index is 6.55. The second kappa shape index (κ2) is 7.75. The Morgan fingerprint density at radius 1 is 0.929 bits per heavy atom. The van der Waals surface area contributed by atoms with E-state index in [9.17, 15) is 0 Å². The van der Waals surface area contributed by atoms with E-state index in [4.69, 9.17) is 18.9 Å². The van der Waals surface area contributed by atoms with E-state index in [2.05, 4.69) is 73.7 Å². The summed E-state index contributed by atoms with van der Waals surface area (Å²) >= 11 is 0. The quantitative estimate of drug-likeness (QED) is 0.373. The summed E-state index contributed by atoms with van der Waals surface area (Å²) in [6.45, 7) is 24.0. The third kappa shape index (κ3) is 3.79. The van der Waals surface area contributed by atoms with Crippen molar-refractivity contribution in [1.82, 2.24) is 0 Å². The smallest absolute Gasteiger partial charge is 0.261 e. The van der Waals surface area contributed by atoms with Gasteiger partial charge in [-0.05, 0) is 55.9 Å². The van der Waals surface area contributed by atoms with Crippen LogP contribution in [0.3, 0.4) is 0 Å². The van der Waals surface area contributed by atoms with Crippen molar-refractivity contribution in [1.29, 1.82) is 0 Å². The lowest BCUT2D eigenvalue weighted by molar-refractivity contribution is -0.640. The van der Waals surface area contributed by atoms with Crippen LogP contribution >= 0.6 is 0 Å². The number of benzene rings is 1. The molecule has 1 saturated heterocycles. The molecule has 1 fully saturated rings. The van der Waals surface area contributed by atoms with Crippen molar-refractivity contribution in [3.05, 3.63) is 29.8 Å². The van der Waals surface area contributed by atoms with Crippen molar-refractivity contribution in [2.75, 3.05) is 0 Å². The summed E-state index contributed by atoms with van der Waals surface area (Å²) in [6.07, 6.45) is -0.00857. The first-order chi connectivity index (χ1) is 12.7. The molecule has 0 aromatic heterocycles. The van der Waals surface area contributed by atoms with Crippen LogP contribution in [-0.4, -0.2) is 20.0 Å². The molecule has 1 aromatic rings. The topological polar surface area (TPSA) is 36.9 Å². The summed E-state index contributed by atoms with van der Waals surface area (Å²) in [6, 6.07) is 8.18. The van der Waals surface area contributed by atoms with Gasteiger partial charge in [0.1, 0.15) is 5.75 Å². The Bertz CT molecular complexity index is 667. The Morgan fingerprint density at radius 3 is 1.89 bits per heavy atom. The highest BCUT2D eigenvalue weighted by Crippen LogP contribution is 2.58. The van der Waals surface area contributed by atoms with Gasteiger partial charge in [0.05, 0.1) is 6.10 Å². The van der Waals surface area contributed by atoms with E-state index in [1.54, 1.807) is 0 Å². The van der Waals surface area contributed by atoms with Crippen molar-refractivity contribution in [3.63, 3.8) is 0 Å². The van der Waals surface area contributed by atoms with Gasteiger partial charge in [-0.3, -0.25) is 0 Å². The molecular formula is C23H40O4Si. The van der Waals surface area contributed by atoms with Crippen LogP contribution in [0.15, 0.2) is 24.3 Å². The fourth-order valence-corrected chi connectivity index (χ4v) is 4.85. The first kappa shape index (κ1) is 23.4. The summed E-state index contributed by atoms with van der Waals surface area (Å²) in [5.74, 6) is 0.346. The predicted octanol–water partition coefficient (Wildman–Crippen LogP) is 6.66. The fourth-order valence-electron chi connectivity index (χ4n) is 3.83. The van der Waals surface area contributed by atoms with E-state index < -0.39 is 19.7 Å². The minimum absolute atomic E-state index is 0.00857. The van der Waals surface area contributed by atoms with Crippen molar-refractivity contribution in [3.8, 4) is 5.75 Å². The third-order valence-electron chi connectivity index (χ3n) is 6.32. The van der Waals surface area contributed by atoms with E-state index >= 15 is 0 Å². The van der Waals surface area contributed by atoms with Crippen LogP contribution < -0.4 is 4.43 Å². The highest BCUT2D eigenvalue weighted by Gasteiger charge is 2.70. The number of rotatable bonds is 7. The van der Waals surface area contributed by atoms with Crippen molar-refractivity contribution in [2.24, 2.45) is 11.8 Å². The van der Waals surface area contributed by atoms with E-state index in [0.29, 0.717) is 0 Å². The Labute approximate surface area is 173 Å². The predicted molar refractivity (Wildman–Crippen MR) is 117 cm³/mol. The molecule has 0 radical (unpaired) electrons. The standard InChI is InChI=1S/C23H40O4Si/c1-16(2)22(17(3)4)23(27-26-22,24-18(5)6)19-13-12-14-20(15-19)25-28(10,11)21(7,8)9/h12-18H,1-11H3. The second-order valence-electron chi connectivity index (χ2n) is 10.4. The molecule has 0 amide bonds. The van der Waals surface area contributed by atoms with Gasteiger partial charge in [0.2, 0.25) is 8.32 Å². The Morgan fingerprint density at radius 2 is 1.50 bits per heavy atom. The molecular weight excluding hydrogens is 368 g/mol. The van der Waals surface area contributed by atoms with Crippen LogP contribution in [0.4, 0.5) is 0 Å². The molecule has 1 atom stereocenters. The number of ether oxygens (including phenoxy) is 1. The van der Waals surface area contributed by atoms with Gasteiger partial charge in [0.15, 0.2) is 5.60 Å². The monoisotopic (exact) mass is 408 g/mol. The summed E-state index contributed by atoms with van der Waals surface area (Å²) in [5, 5.41) is 0.130. The molecule has 0 bridgehead atoms. The van der Waals surface area contributed by atoms with Crippen LogP contribution in [0.5, 0.6) is 5.75 Å². The highest BCUT2D eigenvalue weighted by molar-refractivity contribution is 6.74. The van der Waals surface area contributed by atoms with Crippen LogP contribution in [0.2, 0.25) is 18.1 Å². The summed E-state index contributed by atoms with van der Waals surface area (Å²) in [7, 11) is -1.94. The summed E-state index contributed by atoms with van der Waals surface area (Å²) in [5.41, 5.74) is 0.387. The first-order valence-corrected chi connectivity index (χ1v) is 13.4. The molecule has 5 heteroatoms. The molecule has 0 aliphatic carbocycles. The minimum Gasteiger partial charge on any atom is -0.543 e. The van der Waals surface area contributed by atoms with E-state index in [1.165, 1.54) is 0 Å². The summed E-state index contributed by atoms with van der Waals surface area (Å²) in [4.78, 5) is 11.7. The van der Waals surface area contributed by atoms with Gasteiger partial charge >= 0.3 is 0 Å². The zero-order valence-electron chi connectivity index (χ0n) is 19.7. The van der Waals surface area contributed by atoms with Gasteiger partial charge in [-0.15, -0.1) is 0 Å². The molecule has 28 heavy (non-hydrogen) atoms. The molecule has 0 saturated carbocycles. The maximum atomic E-state index is 6.55. The third-order valence-corrected chi connectivity index (χ3v) is 10.7. The van der Waals surface area contributed by atoms with Crippen molar-refractivity contribution < 1.29 is 18.9 Å². The first-order valence-electron chi connectivity index (χ1n) is 10.5. The lowest BCUT2D eigenvalue weighted by Gasteiger charge is -2.60. The van der Waals surface area contributed by atoms with Crippen molar-refractivity contribution >= 4 is 8.32 Å². The zero-order valence-corrected chi connectivity index (χ0v) is 20.7. The number of hydrogen-bond acceptors (Lipinski definition) is 4. The molecule has 1 aliphatic heterocycles. The average Bonchev–Trinajstić information content (AvgIpc) is 2.49. The number of hydrogen-bond donors (Lipinski definition) is 0. The second-order valence-corrected chi connectivity index (χ2v) is 15.2. The fraction of sp³-hybridized carbons (Fsp3) is 0.739. The molecule has 1 aromatic carbocycles. The average molecular weight is 409 g/mol. The normalized spacial score (nSPS) is 22.6. The molecule has 2 rings (SSSR count). The highest BCUT2D eigenvalue weighted by atomic mass is 28.4. The zero-order chi connectivity index (χ0) is 21.5. The molecule has 0 spiro atoms. The van der Waals surface area contributed by atoms with Gasteiger partial charge in [-0.1, -0.05) is 60.6 Å². The van der Waals surface area contributed by atoms with Crippen molar-refractivity contribution in [2.45, 2.75) is 97.9 Å². The minimum atomic E-state index is -1.94. The Kier molecular flexibility index (Phi) is 6.47. The van der Waals surface area contributed by atoms with Gasteiger partial charge in [-0.2, -0.15) is 4.89 Å². The van der Waals surface area contributed by atoms with Crippen LogP contribution in [-0.2, 0) is 20.3 Å².